The van der Waals surface area contributed by atoms with Crippen LogP contribution in [0.2, 0.25) is 12.6 Å². The number of amides is 3. The molecule has 3 aliphatic carbocycles. The lowest BCUT2D eigenvalue weighted by Crippen LogP contribution is -2.49. The van der Waals surface area contributed by atoms with Crippen LogP contribution in [0.25, 0.3) is 0 Å². The first-order chi connectivity index (χ1) is 36.6. The van der Waals surface area contributed by atoms with Crippen molar-refractivity contribution in [2.75, 3.05) is 45.9 Å². The maximum atomic E-state index is 14.4. The summed E-state index contributed by atoms with van der Waals surface area (Å²) in [5.41, 5.74) is 10.0. The van der Waals surface area contributed by atoms with Gasteiger partial charge in [-0.25, -0.2) is 19.0 Å². The van der Waals surface area contributed by atoms with Crippen molar-refractivity contribution in [2.24, 2.45) is 28.0 Å². The van der Waals surface area contributed by atoms with Crippen molar-refractivity contribution in [3.8, 4) is 11.7 Å². The van der Waals surface area contributed by atoms with Gasteiger partial charge in [0.25, 0.3) is 18.5 Å². The van der Waals surface area contributed by atoms with Crippen molar-refractivity contribution >= 4 is 47.8 Å². The van der Waals surface area contributed by atoms with E-state index in [2.05, 4.69) is 30.7 Å². The highest BCUT2D eigenvalue weighted by Crippen LogP contribution is 2.70. The fraction of sp³-hybridized carbons (Fsp3) is 0.509. The van der Waals surface area contributed by atoms with Gasteiger partial charge in [0.2, 0.25) is 17.6 Å². The SMILES string of the molecule is C/C=C\C.C1CCCCC1.CB(C#N)C(C)C(=O)NCC(=O)N1CCCC1.CC12Cc3[nH]nc(C(=O)N/C(C=NC(c4ccccc4)C4CN(CCCOc5cccc(C(=O)c6cscn6)c5)C4)=C/N)c3CC1C2(F)F. The lowest BCUT2D eigenvalue weighted by Gasteiger charge is -2.42. The van der Waals surface area contributed by atoms with Gasteiger partial charge in [-0.2, -0.15) is 5.10 Å². The second-order valence-electron chi connectivity index (χ2n) is 20.5. The van der Waals surface area contributed by atoms with Gasteiger partial charge in [-0.05, 0) is 57.2 Å². The molecule has 4 heterocycles. The van der Waals surface area contributed by atoms with Gasteiger partial charge in [0.1, 0.15) is 11.4 Å². The van der Waals surface area contributed by atoms with Crippen LogP contribution < -0.4 is 21.1 Å². The zero-order valence-corrected chi connectivity index (χ0v) is 45.6. The summed E-state index contributed by atoms with van der Waals surface area (Å²) in [6.07, 6.45) is 19.0. The van der Waals surface area contributed by atoms with E-state index >= 15 is 0 Å². The minimum Gasteiger partial charge on any atom is -0.494 e. The third-order valence-corrected chi connectivity index (χ3v) is 15.7. The number of nitrogens with two attached hydrogens (primary N) is 1. The molecule has 2 aromatic carbocycles. The minimum atomic E-state index is -2.75. The number of aromatic nitrogens is 3. The molecule has 76 heavy (non-hydrogen) atoms. The molecule has 0 radical (unpaired) electrons. The fourth-order valence-electron chi connectivity index (χ4n) is 9.86. The first kappa shape index (κ1) is 58.7. The van der Waals surface area contributed by atoms with E-state index in [1.165, 1.54) is 56.1 Å². The number of nitriles is 1. The smallest absolute Gasteiger partial charge is 0.276 e. The summed E-state index contributed by atoms with van der Waals surface area (Å²) < 4.78 is 34.7. The number of rotatable bonds is 17. The number of likely N-dealkylation sites (tertiary alicyclic amines) is 2. The molecule has 9 rings (SSSR count). The molecule has 19 heteroatoms. The second-order valence-corrected chi connectivity index (χ2v) is 21.2. The number of alkyl halides is 2. The minimum absolute atomic E-state index is 0.0346. The molecule has 5 aliphatic rings. The normalized spacial score (nSPS) is 20.3. The number of benzene rings is 2. The number of ether oxygens (including phenoxy) is 1. The number of aromatic amines is 1. The van der Waals surface area contributed by atoms with Gasteiger partial charge in [-0.1, -0.05) is 114 Å². The van der Waals surface area contributed by atoms with Crippen LogP contribution in [0.1, 0.15) is 135 Å². The number of ketones is 1. The fourth-order valence-corrected chi connectivity index (χ4v) is 10.4. The van der Waals surface area contributed by atoms with Crippen LogP contribution in [0.4, 0.5) is 8.78 Å². The van der Waals surface area contributed by atoms with Crippen LogP contribution in [-0.4, -0.2) is 113 Å². The van der Waals surface area contributed by atoms with Crippen LogP contribution in [0, 0.1) is 28.5 Å². The maximum absolute atomic E-state index is 14.4. The first-order valence-corrected chi connectivity index (χ1v) is 27.8. The number of nitrogens with zero attached hydrogens (tertiary/aromatic N) is 6. The molecule has 15 nitrogen and oxygen atoms in total. The molecular formula is C57H75BF2N10O5S. The number of carbonyl (C=O) groups is 4. The number of thiazole rings is 1. The molecule has 2 aromatic heterocycles. The number of aliphatic imine (C=N–C) groups is 1. The van der Waals surface area contributed by atoms with E-state index in [-0.39, 0.29) is 67.2 Å². The molecular weight excluding hydrogens is 986 g/mol. The Morgan fingerprint density at radius 3 is 2.33 bits per heavy atom. The zero-order chi connectivity index (χ0) is 54.7. The Morgan fingerprint density at radius 2 is 1.71 bits per heavy atom. The Hall–Kier alpha value is -6.52. The summed E-state index contributed by atoms with van der Waals surface area (Å²) in [7, 11) is 0. The predicted molar refractivity (Wildman–Crippen MR) is 296 cm³/mol. The van der Waals surface area contributed by atoms with Crippen molar-refractivity contribution in [1.82, 2.24) is 35.6 Å². The van der Waals surface area contributed by atoms with Crippen LogP contribution in [-0.2, 0) is 22.4 Å². The summed E-state index contributed by atoms with van der Waals surface area (Å²) in [5, 5.41) is 22.8. The van der Waals surface area contributed by atoms with E-state index in [0.717, 1.165) is 57.5 Å². The Kier molecular flexibility index (Phi) is 22.1. The van der Waals surface area contributed by atoms with E-state index < -0.39 is 23.2 Å². The number of allylic oxidation sites excluding steroid dienone is 3. The quantitative estimate of drug-likeness (QED) is 0.0259. The van der Waals surface area contributed by atoms with Crippen molar-refractivity contribution in [2.45, 2.75) is 123 Å². The summed E-state index contributed by atoms with van der Waals surface area (Å²) in [4.78, 5) is 62.2. The summed E-state index contributed by atoms with van der Waals surface area (Å²) in [6.45, 7) is 13.3. The average Bonchev–Trinajstić information content (AvgIpc) is 4.33. The first-order valence-electron chi connectivity index (χ1n) is 26.8. The van der Waals surface area contributed by atoms with E-state index in [0.29, 0.717) is 40.6 Å². The van der Waals surface area contributed by atoms with Gasteiger partial charge in [-0.15, -0.1) is 11.3 Å². The predicted octanol–water partition coefficient (Wildman–Crippen LogP) is 9.44. The van der Waals surface area contributed by atoms with E-state index in [9.17, 15) is 28.0 Å². The number of H-pyrrole nitrogens is 1. The second kappa shape index (κ2) is 28.6. The number of fused-ring (bicyclic) bond motifs is 2. The Morgan fingerprint density at radius 1 is 1.03 bits per heavy atom. The van der Waals surface area contributed by atoms with Gasteiger partial charge in [0.15, 0.2) is 5.69 Å². The maximum Gasteiger partial charge on any atom is 0.276 e. The summed E-state index contributed by atoms with van der Waals surface area (Å²) in [6, 6.07) is 17.0. The topological polar surface area (TPSA) is 212 Å². The number of carbonyl (C=O) groups excluding carboxylic acids is 4. The monoisotopic (exact) mass is 1060 g/mol. The molecule has 2 saturated carbocycles. The molecule has 2 saturated heterocycles. The molecule has 0 bridgehead atoms. The molecule has 4 unspecified atom stereocenters. The lowest BCUT2D eigenvalue weighted by atomic mass is 9.45. The van der Waals surface area contributed by atoms with Crippen LogP contribution >= 0.6 is 11.3 Å². The van der Waals surface area contributed by atoms with Crippen LogP contribution in [0.15, 0.2) is 94.5 Å². The lowest BCUT2D eigenvalue weighted by molar-refractivity contribution is -0.131. The van der Waals surface area contributed by atoms with Crippen molar-refractivity contribution in [1.29, 1.82) is 5.26 Å². The molecule has 3 amide bonds. The van der Waals surface area contributed by atoms with Crippen LogP contribution in [0.5, 0.6) is 5.75 Å². The Bertz CT molecular complexity index is 2640. The van der Waals surface area contributed by atoms with E-state index in [1.807, 2.05) is 74.4 Å². The molecule has 0 spiro atoms. The van der Waals surface area contributed by atoms with Crippen molar-refractivity contribution < 1.29 is 32.7 Å². The number of halogens is 2. The van der Waals surface area contributed by atoms with Crippen molar-refractivity contribution in [3.05, 3.63) is 123 Å². The standard InChI is InChI=1S/C36H37F2N7O3S.C11H18BN3O2.C6H12.C4H8/c1-35-15-28-27(14-30(35)36(35,37)38)32(44-43-28)34(47)42-25(16-39)17-40-31(22-7-3-2-4-8-22)24-18-45(19-24)11-6-12-48-26-10-5-9-23(13-26)33(46)29-20-49-21-41-29;1-9(12(2)8-13)11(17)14-7-10(16)15-5-3-4-6-15;1-2-4-6-5-3-1;1-3-4-2/h2-5,7-10,13,16-17,20-21,24,30-31H,6,11-12,14-15,18-19,39H2,1H3,(H,42,47)(H,43,44);9H,3-7H2,1-2H3,(H,14,17);1-6H2;3-4H,1-2H3/b25-16+,40-17?;;;4-3-. The largest absolute Gasteiger partial charge is 0.494 e. The third-order valence-electron chi connectivity index (χ3n) is 15.1. The molecule has 4 fully saturated rings. The van der Waals surface area contributed by atoms with Gasteiger partial charge < -0.3 is 30.9 Å². The highest BCUT2D eigenvalue weighted by molar-refractivity contribution is 7.07. The molecule has 4 atom stereocenters. The average molecular weight is 1060 g/mol. The molecule has 4 aromatic rings. The Labute approximate surface area is 451 Å². The molecule has 5 N–H and O–H groups in total. The van der Waals surface area contributed by atoms with E-state index in [1.54, 1.807) is 54.8 Å². The highest BCUT2D eigenvalue weighted by Gasteiger charge is 2.78. The molecule has 2 aliphatic heterocycles. The number of hydrogen-bond acceptors (Lipinski definition) is 12. The highest BCUT2D eigenvalue weighted by atomic mass is 32.1. The van der Waals surface area contributed by atoms with Crippen molar-refractivity contribution in [3.63, 3.8) is 0 Å². The third kappa shape index (κ3) is 15.6. The zero-order valence-electron chi connectivity index (χ0n) is 44.7. The van der Waals surface area contributed by atoms with Crippen LogP contribution in [0.3, 0.4) is 0 Å². The molecule has 406 valence electrons. The van der Waals surface area contributed by atoms with Gasteiger partial charge >= 0.3 is 0 Å². The Balaban J connectivity index is 0.000000284. The van der Waals surface area contributed by atoms with Gasteiger partial charge in [0, 0.05) is 103 Å². The number of hydrogen-bond donors (Lipinski definition) is 4. The van der Waals surface area contributed by atoms with E-state index in [4.69, 9.17) is 20.7 Å². The number of nitrogens with one attached hydrogen (secondary N) is 3. The summed E-state index contributed by atoms with van der Waals surface area (Å²) >= 11 is 1.39. The summed E-state index contributed by atoms with van der Waals surface area (Å²) in [5.74, 6) is -1.89. The van der Waals surface area contributed by atoms with Gasteiger partial charge in [-0.3, -0.25) is 29.3 Å². The van der Waals surface area contributed by atoms with Gasteiger partial charge in [0.05, 0.1) is 30.4 Å².